The quantitative estimate of drug-likeness (QED) is 0.417. The summed E-state index contributed by atoms with van der Waals surface area (Å²) in [5.41, 5.74) is 2.31. The zero-order chi connectivity index (χ0) is 26.6. The fourth-order valence-corrected chi connectivity index (χ4v) is 4.72. The summed E-state index contributed by atoms with van der Waals surface area (Å²) in [6.45, 7) is 0.193. The van der Waals surface area contributed by atoms with Crippen LogP contribution in [-0.2, 0) is 9.53 Å². The van der Waals surface area contributed by atoms with Crippen LogP contribution in [0.2, 0.25) is 5.02 Å². The summed E-state index contributed by atoms with van der Waals surface area (Å²) >= 11 is 6.45. The molecule has 38 heavy (non-hydrogen) atoms. The molecule has 196 valence electrons. The number of nitrogens with zero attached hydrogens (tertiary/aromatic N) is 3. The highest BCUT2D eigenvalue weighted by Gasteiger charge is 2.36. The Morgan fingerprint density at radius 3 is 2.71 bits per heavy atom. The van der Waals surface area contributed by atoms with Gasteiger partial charge in [-0.25, -0.2) is 9.40 Å². The molecule has 1 unspecified atom stereocenters. The Morgan fingerprint density at radius 2 is 1.92 bits per heavy atom. The first-order chi connectivity index (χ1) is 18.4. The van der Waals surface area contributed by atoms with Gasteiger partial charge in [0.05, 0.1) is 18.4 Å². The Labute approximate surface area is 224 Å². The van der Waals surface area contributed by atoms with Crippen molar-refractivity contribution in [1.82, 2.24) is 9.91 Å². The molecule has 2 amide bonds. The number of benzene rings is 3. The van der Waals surface area contributed by atoms with E-state index in [1.165, 1.54) is 35.2 Å². The number of carbonyl (C=O) groups excluding carboxylic acids is 2. The van der Waals surface area contributed by atoms with E-state index in [0.29, 0.717) is 28.7 Å². The molecule has 0 aromatic heterocycles. The minimum Gasteiger partial charge on any atom is -0.454 e. The molecule has 0 saturated carbocycles. The maximum absolute atomic E-state index is 13.8. The summed E-state index contributed by atoms with van der Waals surface area (Å²) in [4.78, 5) is 28.3. The highest BCUT2D eigenvalue weighted by molar-refractivity contribution is 6.34. The Bertz CT molecular complexity index is 1400. The zero-order valence-corrected chi connectivity index (χ0v) is 21.4. The molecule has 2 aliphatic heterocycles. The van der Waals surface area contributed by atoms with E-state index in [1.54, 1.807) is 12.1 Å². The third-order valence-electron chi connectivity index (χ3n) is 6.38. The Kier molecular flexibility index (Phi) is 7.57. The van der Waals surface area contributed by atoms with Crippen LogP contribution in [0.3, 0.4) is 0 Å². The van der Waals surface area contributed by atoms with E-state index >= 15 is 0 Å². The largest absolute Gasteiger partial charge is 0.454 e. The lowest BCUT2D eigenvalue weighted by Gasteiger charge is -2.27. The van der Waals surface area contributed by atoms with Crippen molar-refractivity contribution in [2.75, 3.05) is 33.6 Å². The molecular formula is C28H25ClFN3O5. The van der Waals surface area contributed by atoms with E-state index in [0.717, 1.165) is 17.2 Å². The summed E-state index contributed by atoms with van der Waals surface area (Å²) in [6.07, 6.45) is 0.408. The molecule has 1 atom stereocenters. The number of fused-ring (bicyclic) bond motifs is 1. The van der Waals surface area contributed by atoms with Crippen LogP contribution in [-0.4, -0.2) is 61.0 Å². The van der Waals surface area contributed by atoms with Crippen LogP contribution in [0.5, 0.6) is 11.5 Å². The van der Waals surface area contributed by atoms with Gasteiger partial charge < -0.3 is 19.1 Å². The van der Waals surface area contributed by atoms with Gasteiger partial charge in [0, 0.05) is 36.2 Å². The number of amides is 2. The van der Waals surface area contributed by atoms with Crippen LogP contribution >= 0.6 is 11.6 Å². The fourth-order valence-electron chi connectivity index (χ4n) is 4.47. The Balaban J connectivity index is 1.46. The van der Waals surface area contributed by atoms with Gasteiger partial charge in [0.15, 0.2) is 11.5 Å². The van der Waals surface area contributed by atoms with E-state index in [2.05, 4.69) is 5.10 Å². The third kappa shape index (κ3) is 5.34. The third-order valence-corrected chi connectivity index (χ3v) is 6.71. The molecule has 3 aromatic rings. The molecule has 0 fully saturated rings. The molecule has 2 heterocycles. The van der Waals surface area contributed by atoms with Gasteiger partial charge in [-0.05, 0) is 42.0 Å². The van der Waals surface area contributed by atoms with Gasteiger partial charge in [0.25, 0.3) is 11.8 Å². The predicted molar refractivity (Wildman–Crippen MR) is 139 cm³/mol. The maximum Gasteiger partial charge on any atom is 0.262 e. The van der Waals surface area contributed by atoms with Crippen LogP contribution in [0.4, 0.5) is 4.39 Å². The lowest BCUT2D eigenvalue weighted by atomic mass is 9.98. The van der Waals surface area contributed by atoms with Crippen LogP contribution < -0.4 is 9.47 Å². The fraction of sp³-hybridized carbons (Fsp3) is 0.250. The zero-order valence-electron chi connectivity index (χ0n) is 20.6. The van der Waals surface area contributed by atoms with E-state index in [4.69, 9.17) is 25.8 Å². The first-order valence-electron chi connectivity index (χ1n) is 12.0. The van der Waals surface area contributed by atoms with Gasteiger partial charge in [0.2, 0.25) is 6.79 Å². The SMILES string of the molecule is COCCN(CC(=O)N1N=C(c2ccccc2Cl)CC1c1ccc2c(c1)OCO2)C(=O)c1cccc(F)c1. The second kappa shape index (κ2) is 11.2. The lowest BCUT2D eigenvalue weighted by Crippen LogP contribution is -2.42. The summed E-state index contributed by atoms with van der Waals surface area (Å²) < 4.78 is 29.9. The second-order valence-corrected chi connectivity index (χ2v) is 9.23. The minimum atomic E-state index is -0.537. The number of rotatable bonds is 8. The van der Waals surface area contributed by atoms with Gasteiger partial charge in [-0.3, -0.25) is 9.59 Å². The van der Waals surface area contributed by atoms with Crippen molar-refractivity contribution in [3.8, 4) is 11.5 Å². The summed E-state index contributed by atoms with van der Waals surface area (Å²) in [7, 11) is 1.50. The number of hydrogen-bond acceptors (Lipinski definition) is 6. The van der Waals surface area contributed by atoms with E-state index in [9.17, 15) is 14.0 Å². The monoisotopic (exact) mass is 537 g/mol. The number of ether oxygens (including phenoxy) is 3. The number of hydrazone groups is 1. The molecule has 2 aliphatic rings. The van der Waals surface area contributed by atoms with E-state index < -0.39 is 23.7 Å². The van der Waals surface area contributed by atoms with Gasteiger partial charge in [-0.2, -0.15) is 5.10 Å². The molecule has 5 rings (SSSR count). The normalized spacial score (nSPS) is 15.9. The van der Waals surface area contributed by atoms with Gasteiger partial charge in [-0.1, -0.05) is 41.9 Å². The van der Waals surface area contributed by atoms with E-state index in [1.807, 2.05) is 30.3 Å². The van der Waals surface area contributed by atoms with Crippen molar-refractivity contribution in [2.24, 2.45) is 5.10 Å². The summed E-state index contributed by atoms with van der Waals surface area (Å²) in [6, 6.07) is 17.7. The first kappa shape index (κ1) is 25.7. The van der Waals surface area contributed by atoms with Crippen molar-refractivity contribution >= 4 is 29.1 Å². The van der Waals surface area contributed by atoms with Crippen LogP contribution in [0.25, 0.3) is 0 Å². The molecule has 10 heteroatoms. The van der Waals surface area contributed by atoms with E-state index in [-0.39, 0.29) is 32.1 Å². The second-order valence-electron chi connectivity index (χ2n) is 8.83. The molecule has 0 aliphatic carbocycles. The lowest BCUT2D eigenvalue weighted by molar-refractivity contribution is -0.133. The first-order valence-corrected chi connectivity index (χ1v) is 12.4. The average molecular weight is 538 g/mol. The van der Waals surface area contributed by atoms with Crippen molar-refractivity contribution in [3.63, 3.8) is 0 Å². The molecule has 0 saturated heterocycles. The molecule has 0 spiro atoms. The van der Waals surface area contributed by atoms with Gasteiger partial charge in [-0.15, -0.1) is 0 Å². The number of halogens is 2. The van der Waals surface area contributed by atoms with Crippen LogP contribution in [0, 0.1) is 5.82 Å². The topological polar surface area (TPSA) is 80.7 Å². The minimum absolute atomic E-state index is 0.129. The smallest absolute Gasteiger partial charge is 0.262 e. The van der Waals surface area contributed by atoms with Crippen LogP contribution in [0.15, 0.2) is 71.8 Å². The molecular weight excluding hydrogens is 513 g/mol. The predicted octanol–water partition coefficient (Wildman–Crippen LogP) is 4.67. The average Bonchev–Trinajstić information content (AvgIpc) is 3.58. The van der Waals surface area contributed by atoms with Crippen molar-refractivity contribution < 1.29 is 28.2 Å². The standard InChI is InChI=1S/C28H25ClFN3O5/c1-36-12-11-32(28(35)19-5-4-6-20(30)13-19)16-27(34)33-24(18-9-10-25-26(14-18)38-17-37-25)15-23(31-33)21-7-2-3-8-22(21)29/h2-10,13-14,24H,11-12,15-17H2,1H3. The highest BCUT2D eigenvalue weighted by atomic mass is 35.5. The van der Waals surface area contributed by atoms with Crippen LogP contribution in [0.1, 0.15) is 33.9 Å². The van der Waals surface area contributed by atoms with Gasteiger partial charge in [0.1, 0.15) is 12.4 Å². The van der Waals surface area contributed by atoms with Crippen molar-refractivity contribution in [3.05, 3.63) is 94.3 Å². The van der Waals surface area contributed by atoms with Gasteiger partial charge >= 0.3 is 0 Å². The summed E-state index contributed by atoms with van der Waals surface area (Å²) in [5.74, 6) is -0.211. The summed E-state index contributed by atoms with van der Waals surface area (Å²) in [5, 5.41) is 6.57. The number of hydrogen-bond donors (Lipinski definition) is 0. The maximum atomic E-state index is 13.8. The van der Waals surface area contributed by atoms with Crippen molar-refractivity contribution in [2.45, 2.75) is 12.5 Å². The molecule has 0 radical (unpaired) electrons. The number of carbonyl (C=O) groups is 2. The Hall–Kier alpha value is -3.95. The molecule has 0 bridgehead atoms. The highest BCUT2D eigenvalue weighted by Crippen LogP contribution is 2.39. The molecule has 0 N–H and O–H groups in total. The number of methoxy groups -OCH3 is 1. The van der Waals surface area contributed by atoms with Crippen molar-refractivity contribution in [1.29, 1.82) is 0 Å². The Morgan fingerprint density at radius 1 is 1.11 bits per heavy atom. The molecule has 3 aromatic carbocycles. The molecule has 8 nitrogen and oxygen atoms in total.